The lowest BCUT2D eigenvalue weighted by Crippen LogP contribution is -2.12. The van der Waals surface area contributed by atoms with E-state index in [9.17, 15) is 0 Å². The number of nitrogens with two attached hydrogens (primary N) is 1. The lowest BCUT2D eigenvalue weighted by molar-refractivity contribution is 0.623. The molecule has 17 heavy (non-hydrogen) atoms. The lowest BCUT2D eigenvalue weighted by Gasteiger charge is -2.10. The quantitative estimate of drug-likeness (QED) is 0.870. The van der Waals surface area contributed by atoms with Crippen molar-refractivity contribution in [3.05, 3.63) is 57.8 Å². The van der Waals surface area contributed by atoms with Crippen LogP contribution in [0.25, 0.3) is 0 Å². The molecule has 1 heterocycles. The Kier molecular flexibility index (Phi) is 2.77. The van der Waals surface area contributed by atoms with E-state index in [0.29, 0.717) is 11.8 Å². The Morgan fingerprint density at radius 3 is 2.65 bits per heavy atom. The van der Waals surface area contributed by atoms with Crippen LogP contribution in [0, 0.1) is 12.8 Å². The van der Waals surface area contributed by atoms with Gasteiger partial charge in [-0.25, -0.2) is 0 Å². The molecule has 1 aliphatic carbocycles. The highest BCUT2D eigenvalue weighted by Gasteiger charge is 2.43. The number of hydrogen-bond donors (Lipinski definition) is 1. The number of hydrogen-bond acceptors (Lipinski definition) is 2. The van der Waals surface area contributed by atoms with E-state index in [4.69, 9.17) is 5.73 Å². The Bertz CT molecular complexity index is 503. The molecule has 1 nitrogen and oxygen atoms in total. The van der Waals surface area contributed by atoms with Crippen molar-refractivity contribution in [3.8, 4) is 0 Å². The molecular weight excluding hydrogens is 226 g/mol. The number of benzene rings is 1. The average molecular weight is 243 g/mol. The molecule has 2 aromatic rings. The molecule has 1 fully saturated rings. The van der Waals surface area contributed by atoms with E-state index in [1.54, 1.807) is 11.3 Å². The van der Waals surface area contributed by atoms with Gasteiger partial charge in [0.25, 0.3) is 0 Å². The van der Waals surface area contributed by atoms with Crippen LogP contribution < -0.4 is 5.73 Å². The van der Waals surface area contributed by atoms with Crippen molar-refractivity contribution >= 4 is 11.3 Å². The van der Waals surface area contributed by atoms with Crippen molar-refractivity contribution in [2.45, 2.75) is 25.3 Å². The normalized spacial score (nSPS) is 24.6. The van der Waals surface area contributed by atoms with Crippen LogP contribution in [-0.2, 0) is 0 Å². The molecule has 88 valence electrons. The number of thiophene rings is 1. The second-order valence-electron chi connectivity index (χ2n) is 4.91. The van der Waals surface area contributed by atoms with Gasteiger partial charge in [0.05, 0.1) is 0 Å². The summed E-state index contributed by atoms with van der Waals surface area (Å²) in [7, 11) is 0. The molecule has 1 aliphatic rings. The molecule has 3 atom stereocenters. The maximum Gasteiger partial charge on any atom is 0.0427 e. The largest absolute Gasteiger partial charge is 0.323 e. The summed E-state index contributed by atoms with van der Waals surface area (Å²) >= 11 is 1.80. The van der Waals surface area contributed by atoms with Crippen LogP contribution in [0.4, 0.5) is 0 Å². The highest BCUT2D eigenvalue weighted by molar-refractivity contribution is 7.10. The molecule has 0 spiro atoms. The van der Waals surface area contributed by atoms with Gasteiger partial charge in [0, 0.05) is 10.9 Å². The van der Waals surface area contributed by atoms with Crippen LogP contribution in [-0.4, -0.2) is 0 Å². The van der Waals surface area contributed by atoms with E-state index in [0.717, 1.165) is 0 Å². The molecule has 1 saturated carbocycles. The Morgan fingerprint density at radius 1 is 1.24 bits per heavy atom. The summed E-state index contributed by atoms with van der Waals surface area (Å²) in [6.45, 7) is 2.16. The Hall–Kier alpha value is -1.12. The van der Waals surface area contributed by atoms with Crippen molar-refractivity contribution in [2.75, 3.05) is 0 Å². The minimum Gasteiger partial charge on any atom is -0.323 e. The smallest absolute Gasteiger partial charge is 0.0427 e. The van der Waals surface area contributed by atoms with Crippen molar-refractivity contribution in [2.24, 2.45) is 11.7 Å². The number of rotatable bonds is 3. The molecule has 1 aromatic carbocycles. The van der Waals surface area contributed by atoms with Gasteiger partial charge in [0.2, 0.25) is 0 Å². The molecule has 3 unspecified atom stereocenters. The summed E-state index contributed by atoms with van der Waals surface area (Å²) in [5, 5.41) is 2.14. The Labute approximate surface area is 106 Å². The summed E-state index contributed by atoms with van der Waals surface area (Å²) in [5.41, 5.74) is 9.18. The molecule has 0 saturated heterocycles. The monoisotopic (exact) mass is 243 g/mol. The summed E-state index contributed by atoms with van der Waals surface area (Å²) < 4.78 is 0. The molecule has 0 bridgehead atoms. The molecular formula is C15H17NS. The van der Waals surface area contributed by atoms with E-state index in [1.807, 2.05) is 0 Å². The third-order valence-electron chi connectivity index (χ3n) is 3.73. The average Bonchev–Trinajstić information content (AvgIpc) is 3.05. The highest BCUT2D eigenvalue weighted by Crippen LogP contribution is 2.54. The first kappa shape index (κ1) is 11.0. The van der Waals surface area contributed by atoms with Crippen LogP contribution >= 0.6 is 11.3 Å². The van der Waals surface area contributed by atoms with Crippen LogP contribution in [0.3, 0.4) is 0 Å². The second-order valence-corrected chi connectivity index (χ2v) is 5.86. The number of aryl methyl sites for hydroxylation is 1. The van der Waals surface area contributed by atoms with Gasteiger partial charge >= 0.3 is 0 Å². The van der Waals surface area contributed by atoms with Gasteiger partial charge in [-0.15, -0.1) is 11.3 Å². The first-order valence-electron chi connectivity index (χ1n) is 6.12. The van der Waals surface area contributed by atoms with Gasteiger partial charge in [-0.05, 0) is 47.8 Å². The van der Waals surface area contributed by atoms with E-state index in [1.165, 1.54) is 22.4 Å². The maximum absolute atomic E-state index is 6.38. The first-order chi connectivity index (χ1) is 8.27. The standard InChI is InChI=1S/C15H17NS/c1-10-7-8-17-15(10)14(16)13-9-12(13)11-5-3-2-4-6-11/h2-8,12-14H,9,16H2,1H3. The van der Waals surface area contributed by atoms with Gasteiger partial charge < -0.3 is 5.73 Å². The molecule has 1 aromatic heterocycles. The van der Waals surface area contributed by atoms with Gasteiger partial charge in [-0.2, -0.15) is 0 Å². The summed E-state index contributed by atoms with van der Waals surface area (Å²) in [5.74, 6) is 1.31. The minimum absolute atomic E-state index is 0.222. The maximum atomic E-state index is 6.38. The third-order valence-corrected chi connectivity index (χ3v) is 4.85. The van der Waals surface area contributed by atoms with E-state index >= 15 is 0 Å². The van der Waals surface area contributed by atoms with Crippen molar-refractivity contribution in [3.63, 3.8) is 0 Å². The predicted molar refractivity (Wildman–Crippen MR) is 73.3 cm³/mol. The zero-order valence-electron chi connectivity index (χ0n) is 9.97. The highest BCUT2D eigenvalue weighted by atomic mass is 32.1. The minimum atomic E-state index is 0.222. The van der Waals surface area contributed by atoms with Gasteiger partial charge in [0.15, 0.2) is 0 Å². The van der Waals surface area contributed by atoms with Crippen molar-refractivity contribution in [1.82, 2.24) is 0 Å². The van der Waals surface area contributed by atoms with Gasteiger partial charge in [0.1, 0.15) is 0 Å². The zero-order valence-corrected chi connectivity index (χ0v) is 10.8. The van der Waals surface area contributed by atoms with E-state index in [-0.39, 0.29) is 6.04 Å². The first-order valence-corrected chi connectivity index (χ1v) is 7.00. The second kappa shape index (κ2) is 4.28. The molecule has 0 aliphatic heterocycles. The van der Waals surface area contributed by atoms with Crippen LogP contribution in [0.2, 0.25) is 0 Å². The Morgan fingerprint density at radius 2 is 2.00 bits per heavy atom. The summed E-state index contributed by atoms with van der Waals surface area (Å²) in [6.07, 6.45) is 1.24. The van der Waals surface area contributed by atoms with Gasteiger partial charge in [-0.3, -0.25) is 0 Å². The molecule has 0 amide bonds. The SMILES string of the molecule is Cc1ccsc1C(N)C1CC1c1ccccc1. The summed E-state index contributed by atoms with van der Waals surface area (Å²) in [4.78, 5) is 1.37. The molecule has 3 rings (SSSR count). The van der Waals surface area contributed by atoms with Gasteiger partial charge in [-0.1, -0.05) is 30.3 Å². The molecule has 0 radical (unpaired) electrons. The van der Waals surface area contributed by atoms with E-state index in [2.05, 4.69) is 48.7 Å². The lowest BCUT2D eigenvalue weighted by atomic mass is 10.0. The molecule has 2 heteroatoms. The predicted octanol–water partition coefficient (Wildman–Crippen LogP) is 3.86. The van der Waals surface area contributed by atoms with Crippen molar-refractivity contribution < 1.29 is 0 Å². The third kappa shape index (κ3) is 2.03. The van der Waals surface area contributed by atoms with Crippen LogP contribution in [0.15, 0.2) is 41.8 Å². The molecule has 2 N–H and O–H groups in total. The van der Waals surface area contributed by atoms with E-state index < -0.39 is 0 Å². The van der Waals surface area contributed by atoms with Crippen molar-refractivity contribution in [1.29, 1.82) is 0 Å². The van der Waals surface area contributed by atoms with Crippen LogP contribution in [0.5, 0.6) is 0 Å². The topological polar surface area (TPSA) is 26.0 Å². The Balaban J connectivity index is 1.75. The fourth-order valence-corrected chi connectivity index (χ4v) is 3.62. The fraction of sp³-hybridized carbons (Fsp3) is 0.333. The fourth-order valence-electron chi connectivity index (χ4n) is 2.62. The van der Waals surface area contributed by atoms with Crippen LogP contribution in [0.1, 0.15) is 34.4 Å². The zero-order chi connectivity index (χ0) is 11.8. The summed E-state index contributed by atoms with van der Waals surface area (Å²) in [6, 6.07) is 13.1.